The first-order valence-electron chi connectivity index (χ1n) is 6.88. The van der Waals surface area contributed by atoms with Crippen molar-refractivity contribution in [3.63, 3.8) is 0 Å². The molecular weight excluding hydrogens is 385 g/mol. The van der Waals surface area contributed by atoms with Gasteiger partial charge in [-0.1, -0.05) is 6.92 Å². The van der Waals surface area contributed by atoms with E-state index in [0.29, 0.717) is 17.0 Å². The number of pyridine rings is 2. The summed E-state index contributed by atoms with van der Waals surface area (Å²) in [6.45, 7) is 3.75. The van der Waals surface area contributed by atoms with Crippen molar-refractivity contribution in [2.45, 2.75) is 26.4 Å². The van der Waals surface area contributed by atoms with Crippen LogP contribution in [-0.2, 0) is 24.2 Å². The predicted molar refractivity (Wildman–Crippen MR) is 79.6 cm³/mol. The molecule has 2 heterocycles. The number of carboxylic acid groups (broad SMARTS) is 1. The summed E-state index contributed by atoms with van der Waals surface area (Å²) in [7, 11) is 0. The number of carbonyl (C=O) groups is 2. The van der Waals surface area contributed by atoms with E-state index in [0.717, 1.165) is 6.42 Å². The van der Waals surface area contributed by atoms with E-state index in [2.05, 4.69) is 9.97 Å². The van der Waals surface area contributed by atoms with E-state index in [1.807, 2.05) is 13.8 Å². The third-order valence-electron chi connectivity index (χ3n) is 3.15. The average Bonchev–Trinajstić information content (AvgIpc) is 2.54. The summed E-state index contributed by atoms with van der Waals surface area (Å²) in [5, 5.41) is 9.00. The first-order valence-corrected chi connectivity index (χ1v) is 6.88. The van der Waals surface area contributed by atoms with Crippen LogP contribution in [-0.4, -0.2) is 33.1 Å². The van der Waals surface area contributed by atoms with Gasteiger partial charge in [0.2, 0.25) is 0 Å². The second-order valence-corrected chi connectivity index (χ2v) is 4.79. The van der Waals surface area contributed by atoms with Gasteiger partial charge in [0.05, 0.1) is 28.6 Å². The van der Waals surface area contributed by atoms with Gasteiger partial charge in [0.1, 0.15) is 0 Å². The molecule has 0 aliphatic heterocycles. The summed E-state index contributed by atoms with van der Waals surface area (Å²) in [5.41, 5.74) is 1.27. The van der Waals surface area contributed by atoms with Crippen LogP contribution >= 0.6 is 0 Å². The van der Waals surface area contributed by atoms with Crippen molar-refractivity contribution < 1.29 is 38.9 Å². The van der Waals surface area contributed by atoms with Crippen molar-refractivity contribution in [3.8, 4) is 11.4 Å². The maximum absolute atomic E-state index is 12.0. The molecule has 0 spiro atoms. The predicted octanol–water partition coefficient (Wildman–Crippen LogP) is 2.79. The fraction of sp³-hybridized carbons (Fsp3) is 0.250. The largest absolute Gasteiger partial charge is 0.478 e. The zero-order valence-electron chi connectivity index (χ0n) is 12.7. The number of hydrogen-bond acceptors (Lipinski definition) is 5. The number of hydrogen-bond donors (Lipinski definition) is 1. The quantitative estimate of drug-likeness (QED) is 0.612. The first-order chi connectivity index (χ1) is 10.5. The molecule has 7 heteroatoms. The second-order valence-electron chi connectivity index (χ2n) is 4.79. The minimum Gasteiger partial charge on any atom is -0.478 e. The van der Waals surface area contributed by atoms with E-state index in [-0.39, 0.29) is 31.1 Å². The molecule has 0 radical (unpaired) electrons. The van der Waals surface area contributed by atoms with E-state index in [9.17, 15) is 9.59 Å². The molecule has 2 rings (SSSR count). The molecule has 1 atom stereocenters. The monoisotopic (exact) mass is 402 g/mol. The summed E-state index contributed by atoms with van der Waals surface area (Å²) in [6, 6.07) is 5.90. The third-order valence-corrected chi connectivity index (χ3v) is 3.15. The minimum absolute atomic E-state index is 0. The molecule has 2 aromatic heterocycles. The molecule has 2 aromatic rings. The van der Waals surface area contributed by atoms with E-state index >= 15 is 0 Å². The minimum atomic E-state index is -1.05. The van der Waals surface area contributed by atoms with Crippen molar-refractivity contribution in [1.29, 1.82) is 0 Å². The van der Waals surface area contributed by atoms with Crippen molar-refractivity contribution in [2.75, 3.05) is 0 Å². The molecule has 0 fully saturated rings. The Labute approximate surface area is 146 Å². The van der Waals surface area contributed by atoms with Gasteiger partial charge in [0.15, 0.2) is 0 Å². The fourth-order valence-corrected chi connectivity index (χ4v) is 1.74. The summed E-state index contributed by atoms with van der Waals surface area (Å²) >= 11 is 0. The Morgan fingerprint density at radius 2 is 1.65 bits per heavy atom. The molecule has 1 unspecified atom stereocenters. The Kier molecular flexibility index (Phi) is 6.98. The van der Waals surface area contributed by atoms with E-state index < -0.39 is 11.9 Å². The number of carbonyl (C=O) groups excluding carboxylic acids is 1. The van der Waals surface area contributed by atoms with Gasteiger partial charge >= 0.3 is 11.9 Å². The maximum Gasteiger partial charge on any atom is 0.338 e. The fourth-order valence-electron chi connectivity index (χ4n) is 1.74. The van der Waals surface area contributed by atoms with Crippen molar-refractivity contribution >= 4 is 11.9 Å². The molecule has 0 aliphatic rings. The number of aromatic carboxylic acids is 1. The smallest absolute Gasteiger partial charge is 0.338 e. The number of carboxylic acids is 1. The van der Waals surface area contributed by atoms with Crippen LogP contribution in [0.4, 0.5) is 0 Å². The van der Waals surface area contributed by atoms with Gasteiger partial charge in [-0.2, -0.15) is 0 Å². The first kappa shape index (κ1) is 18.9. The van der Waals surface area contributed by atoms with Crippen molar-refractivity contribution in [3.05, 3.63) is 47.8 Å². The molecule has 0 aliphatic carbocycles. The van der Waals surface area contributed by atoms with Crippen LogP contribution in [0.5, 0.6) is 0 Å². The van der Waals surface area contributed by atoms with E-state index in [4.69, 9.17) is 9.84 Å². The Morgan fingerprint density at radius 3 is 2.17 bits per heavy atom. The average molecular weight is 401 g/mol. The van der Waals surface area contributed by atoms with Gasteiger partial charge in [-0.25, -0.2) is 9.59 Å². The molecule has 0 amide bonds. The normalized spacial score (nSPS) is 11.2. The number of aromatic nitrogens is 2. The van der Waals surface area contributed by atoms with Crippen LogP contribution in [0.2, 0.25) is 0 Å². The summed E-state index contributed by atoms with van der Waals surface area (Å²) < 4.78 is 5.26. The molecule has 0 bridgehead atoms. The van der Waals surface area contributed by atoms with Crippen molar-refractivity contribution in [2.24, 2.45) is 0 Å². The molecule has 0 aromatic carbocycles. The zero-order valence-corrected chi connectivity index (χ0v) is 14.4. The molecular formula is C16H16N2O4Ru. The van der Waals surface area contributed by atoms with Crippen LogP contribution in [0, 0.1) is 0 Å². The van der Waals surface area contributed by atoms with Crippen molar-refractivity contribution in [1.82, 2.24) is 9.97 Å². The Hall–Kier alpha value is -2.14. The Morgan fingerprint density at radius 1 is 1.13 bits per heavy atom. The van der Waals surface area contributed by atoms with Crippen LogP contribution in [0.3, 0.4) is 0 Å². The summed E-state index contributed by atoms with van der Waals surface area (Å²) in [4.78, 5) is 31.2. The molecule has 1 N–H and O–H groups in total. The maximum atomic E-state index is 12.0. The van der Waals surface area contributed by atoms with E-state index in [1.165, 1.54) is 24.5 Å². The molecule has 23 heavy (non-hydrogen) atoms. The van der Waals surface area contributed by atoms with Crippen LogP contribution in [0.25, 0.3) is 11.4 Å². The van der Waals surface area contributed by atoms with Crippen LogP contribution in [0.15, 0.2) is 36.7 Å². The zero-order chi connectivity index (χ0) is 16.1. The molecule has 0 saturated carbocycles. The third kappa shape index (κ3) is 4.93. The number of nitrogens with zero attached hydrogens (tertiary/aromatic N) is 2. The molecule has 6 nitrogen and oxygen atoms in total. The Balaban J connectivity index is 0.00000264. The number of ether oxygens (including phenoxy) is 1. The summed E-state index contributed by atoms with van der Waals surface area (Å²) in [5.74, 6) is -1.48. The van der Waals surface area contributed by atoms with Crippen LogP contribution in [0.1, 0.15) is 41.0 Å². The van der Waals surface area contributed by atoms with Gasteiger partial charge in [0, 0.05) is 31.9 Å². The second kappa shape index (κ2) is 8.48. The number of rotatable bonds is 5. The number of esters is 1. The molecule has 0 saturated heterocycles. The standard InChI is InChI=1S/C16H16N2O4.Ru/c1-3-10(2)22-16(21)12-5-7-18-14(9-12)13-8-11(15(19)20)4-6-17-13;/h4-10H,3H2,1-2H3,(H,19,20);. The summed E-state index contributed by atoms with van der Waals surface area (Å²) in [6.07, 6.45) is 3.42. The van der Waals surface area contributed by atoms with Crippen LogP contribution < -0.4 is 0 Å². The SMILES string of the molecule is CCC(C)OC(=O)c1ccnc(-c2cc(C(=O)O)ccn2)c1.[Ru]. The van der Waals surface area contributed by atoms with Gasteiger partial charge in [-0.3, -0.25) is 9.97 Å². The van der Waals surface area contributed by atoms with E-state index in [1.54, 1.807) is 12.1 Å². The van der Waals surface area contributed by atoms with Gasteiger partial charge < -0.3 is 9.84 Å². The van der Waals surface area contributed by atoms with Gasteiger partial charge in [0.25, 0.3) is 0 Å². The van der Waals surface area contributed by atoms with Gasteiger partial charge in [-0.15, -0.1) is 0 Å². The Bertz CT molecular complexity index is 706. The molecule has 122 valence electrons. The topological polar surface area (TPSA) is 89.4 Å². The van der Waals surface area contributed by atoms with Gasteiger partial charge in [-0.05, 0) is 37.6 Å².